The Morgan fingerprint density at radius 3 is 2.27 bits per heavy atom. The number of fused-ring (bicyclic) bond motifs is 5. The average Bonchev–Trinajstić information content (AvgIpc) is 3.37. The van der Waals surface area contributed by atoms with Crippen molar-refractivity contribution in [3.05, 3.63) is 0 Å². The summed E-state index contributed by atoms with van der Waals surface area (Å²) >= 11 is 0. The summed E-state index contributed by atoms with van der Waals surface area (Å²) in [6.07, 6.45) is 21.0. The highest BCUT2D eigenvalue weighted by Crippen LogP contribution is 2.69. The Kier molecular flexibility index (Phi) is 14.8. The van der Waals surface area contributed by atoms with E-state index >= 15 is 0 Å². The lowest BCUT2D eigenvalue weighted by Crippen LogP contribution is -2.63. The average molecular weight is 620 g/mol. The molecule has 6 N–H and O–H groups in total. The van der Waals surface area contributed by atoms with Crippen molar-refractivity contribution in [2.24, 2.45) is 57.8 Å². The van der Waals surface area contributed by atoms with Gasteiger partial charge in [-0.05, 0) is 144 Å². The van der Waals surface area contributed by atoms with E-state index in [0.29, 0.717) is 54.7 Å². The van der Waals surface area contributed by atoms with Crippen LogP contribution >= 0.6 is 0 Å². The quantitative estimate of drug-likeness (QED) is 0.109. The maximum absolute atomic E-state index is 11.9. The Labute approximate surface area is 271 Å². The highest BCUT2D eigenvalue weighted by molar-refractivity contribution is 5.15. The van der Waals surface area contributed by atoms with Gasteiger partial charge in [0.15, 0.2) is 0 Å². The van der Waals surface area contributed by atoms with Crippen LogP contribution in [0.15, 0.2) is 0 Å². The molecule has 4 saturated carbocycles. The largest absolute Gasteiger partial charge is 0.393 e. The summed E-state index contributed by atoms with van der Waals surface area (Å²) in [7, 11) is 0. The van der Waals surface area contributed by atoms with Gasteiger partial charge in [0.1, 0.15) is 0 Å². The smallest absolute Gasteiger partial charge is 0.0637 e. The lowest BCUT2D eigenvalue weighted by Gasteiger charge is -2.64. The van der Waals surface area contributed by atoms with Crippen LogP contribution in [0.5, 0.6) is 0 Å². The number of hydrogen-bond acceptors (Lipinski definition) is 6. The van der Waals surface area contributed by atoms with Gasteiger partial charge in [0.2, 0.25) is 0 Å². The first-order valence-electron chi connectivity index (χ1n) is 19.3. The molecule has 0 aromatic carbocycles. The number of aliphatic hydroxyl groups excluding tert-OH is 1. The summed E-state index contributed by atoms with van der Waals surface area (Å²) in [5.74, 6) is 3.37. The molecule has 0 radical (unpaired) electrons. The van der Waals surface area contributed by atoms with E-state index < -0.39 is 0 Å². The number of rotatable bonds is 20. The molecule has 44 heavy (non-hydrogen) atoms. The normalized spacial score (nSPS) is 39.1. The van der Waals surface area contributed by atoms with Gasteiger partial charge in [0.05, 0.1) is 18.3 Å². The highest BCUT2D eigenvalue weighted by Gasteiger charge is 2.66. The third-order valence-electron chi connectivity index (χ3n) is 13.6. The molecule has 0 amide bonds. The van der Waals surface area contributed by atoms with Crippen LogP contribution < -0.4 is 16.8 Å². The molecule has 0 spiro atoms. The van der Waals surface area contributed by atoms with Crippen LogP contribution in [0.2, 0.25) is 0 Å². The van der Waals surface area contributed by atoms with E-state index in [9.17, 15) is 5.11 Å². The summed E-state index contributed by atoms with van der Waals surface area (Å²) in [4.78, 5) is 0. The summed E-state index contributed by atoms with van der Waals surface area (Å²) in [5.41, 5.74) is 12.1. The number of hydrogen-bond donors (Lipinski definition) is 4. The zero-order valence-electron chi connectivity index (χ0n) is 29.4. The number of nitrogens with two attached hydrogens (primary N) is 2. The number of nitrogens with one attached hydrogen (secondary N) is 1. The van der Waals surface area contributed by atoms with Gasteiger partial charge in [-0.25, -0.2) is 0 Å². The molecule has 6 heteroatoms. The molecule has 4 rings (SSSR count). The van der Waals surface area contributed by atoms with E-state index in [1.165, 1.54) is 77.2 Å². The number of unbranched alkanes of at least 4 members (excludes halogenated alkanes) is 5. The van der Waals surface area contributed by atoms with E-state index in [2.05, 4.69) is 33.0 Å². The van der Waals surface area contributed by atoms with Gasteiger partial charge in [-0.2, -0.15) is 0 Å². The Balaban J connectivity index is 1.39. The van der Waals surface area contributed by atoms with Gasteiger partial charge in [0.25, 0.3) is 0 Å². The van der Waals surface area contributed by atoms with Gasteiger partial charge >= 0.3 is 0 Å². The van der Waals surface area contributed by atoms with Gasteiger partial charge in [-0.3, -0.25) is 0 Å². The lowest BCUT2D eigenvalue weighted by atomic mass is 9.43. The first kappa shape index (κ1) is 36.6. The van der Waals surface area contributed by atoms with Gasteiger partial charge < -0.3 is 31.4 Å². The summed E-state index contributed by atoms with van der Waals surface area (Å²) in [6, 6.07) is 0. The zero-order chi connectivity index (χ0) is 31.6. The van der Waals surface area contributed by atoms with Crippen LogP contribution in [0, 0.1) is 46.3 Å². The molecule has 0 heterocycles. The maximum atomic E-state index is 11.9. The van der Waals surface area contributed by atoms with Crippen LogP contribution in [0.1, 0.15) is 137 Å². The molecule has 0 bridgehead atoms. The molecule has 6 nitrogen and oxygen atoms in total. The van der Waals surface area contributed by atoms with Crippen molar-refractivity contribution in [1.29, 1.82) is 0 Å². The molecule has 4 fully saturated rings. The van der Waals surface area contributed by atoms with Crippen molar-refractivity contribution in [3.8, 4) is 0 Å². The van der Waals surface area contributed by atoms with Crippen molar-refractivity contribution in [3.63, 3.8) is 0 Å². The molecule has 258 valence electrons. The highest BCUT2D eigenvalue weighted by atomic mass is 16.5. The van der Waals surface area contributed by atoms with E-state index in [4.69, 9.17) is 20.9 Å². The lowest BCUT2D eigenvalue weighted by molar-refractivity contribution is -0.219. The standard InChI is InChI=1S/C38H73N3O3/c1-5-6-7-8-9-10-21-41-22-11-14-28(2)31-15-16-32-36-33(27-35(38(31,32)4)44-24-13-20-40)37(3)18-17-30(43-23-12-19-39)25-29(37)26-34(36)42/h28-36,41-42H,5-27,39-40H2,1-4H3/t28-,29?,30-,31?,32+,33?,34-,35+,36?,37?,38?/m1/s1. The first-order chi connectivity index (χ1) is 21.3. The van der Waals surface area contributed by atoms with Crippen LogP contribution in [0.4, 0.5) is 0 Å². The predicted molar refractivity (Wildman–Crippen MR) is 183 cm³/mol. The topological polar surface area (TPSA) is 103 Å². The second kappa shape index (κ2) is 17.8. The first-order valence-corrected chi connectivity index (χ1v) is 19.3. The minimum atomic E-state index is -0.199. The third kappa shape index (κ3) is 8.42. The molecule has 0 aromatic rings. The number of aliphatic hydroxyl groups is 1. The molecule has 4 aliphatic rings. The summed E-state index contributed by atoms with van der Waals surface area (Å²) in [6.45, 7) is 15.2. The van der Waals surface area contributed by atoms with Crippen LogP contribution in [0.25, 0.3) is 0 Å². The Hall–Kier alpha value is -0.240. The molecule has 6 unspecified atom stereocenters. The van der Waals surface area contributed by atoms with Crippen molar-refractivity contribution >= 4 is 0 Å². The molecular weight excluding hydrogens is 546 g/mol. The minimum absolute atomic E-state index is 0.133. The molecule has 0 aromatic heterocycles. The van der Waals surface area contributed by atoms with Gasteiger partial charge in [-0.1, -0.05) is 59.8 Å². The van der Waals surface area contributed by atoms with E-state index in [0.717, 1.165) is 58.3 Å². The Morgan fingerprint density at radius 2 is 1.52 bits per heavy atom. The third-order valence-corrected chi connectivity index (χ3v) is 13.6. The van der Waals surface area contributed by atoms with Gasteiger partial charge in [-0.15, -0.1) is 0 Å². The fourth-order valence-corrected chi connectivity index (χ4v) is 11.0. The fraction of sp³-hybridized carbons (Fsp3) is 1.00. The Bertz CT molecular complexity index is 814. The van der Waals surface area contributed by atoms with E-state index in [1.807, 2.05) is 0 Å². The SMILES string of the molecule is CCCCCCCCNCCC[C@@H](C)C1CC[C@H]2C3C(C[C@H](OCCCN)C12C)C1(C)CC[C@@H](OCCCN)CC1C[C@H]3O. The molecule has 4 aliphatic carbocycles. The fourth-order valence-electron chi connectivity index (χ4n) is 11.0. The monoisotopic (exact) mass is 620 g/mol. The van der Waals surface area contributed by atoms with Crippen molar-refractivity contribution in [2.45, 2.75) is 155 Å². The molecule has 0 aliphatic heterocycles. The van der Waals surface area contributed by atoms with Gasteiger partial charge in [0, 0.05) is 18.6 Å². The van der Waals surface area contributed by atoms with Crippen LogP contribution in [-0.2, 0) is 9.47 Å². The molecule has 11 atom stereocenters. The second-order valence-electron chi connectivity index (χ2n) is 16.1. The summed E-state index contributed by atoms with van der Waals surface area (Å²) in [5, 5.41) is 15.7. The number of ether oxygens (including phenoxy) is 2. The van der Waals surface area contributed by atoms with E-state index in [1.54, 1.807) is 0 Å². The molecule has 0 saturated heterocycles. The Morgan fingerprint density at radius 1 is 0.818 bits per heavy atom. The molecular formula is C38H73N3O3. The van der Waals surface area contributed by atoms with Crippen LogP contribution in [0.3, 0.4) is 0 Å². The maximum Gasteiger partial charge on any atom is 0.0637 e. The minimum Gasteiger partial charge on any atom is -0.393 e. The zero-order valence-corrected chi connectivity index (χ0v) is 29.4. The predicted octanol–water partition coefficient (Wildman–Crippen LogP) is 7.06. The van der Waals surface area contributed by atoms with E-state index in [-0.39, 0.29) is 23.0 Å². The van der Waals surface area contributed by atoms with Crippen molar-refractivity contribution < 1.29 is 14.6 Å². The van der Waals surface area contributed by atoms with Crippen molar-refractivity contribution in [1.82, 2.24) is 5.32 Å². The van der Waals surface area contributed by atoms with Crippen molar-refractivity contribution in [2.75, 3.05) is 39.4 Å². The van der Waals surface area contributed by atoms with Crippen LogP contribution in [-0.4, -0.2) is 62.8 Å². The second-order valence-corrected chi connectivity index (χ2v) is 16.1. The summed E-state index contributed by atoms with van der Waals surface area (Å²) < 4.78 is 13.2.